The lowest BCUT2D eigenvalue weighted by molar-refractivity contribution is 0.102. The summed E-state index contributed by atoms with van der Waals surface area (Å²) < 4.78 is 28.8. The molecule has 1 amide bonds. The van der Waals surface area contributed by atoms with Crippen molar-refractivity contribution in [2.45, 2.75) is 11.8 Å². The first-order chi connectivity index (χ1) is 16.9. The highest BCUT2D eigenvalue weighted by Gasteiger charge is 2.15. The topological polar surface area (TPSA) is 88.2 Å². The number of aromatic nitrogens is 1. The van der Waals surface area contributed by atoms with E-state index in [1.165, 1.54) is 23.8 Å². The monoisotopic (exact) mass is 499 g/mol. The Kier molecular flexibility index (Phi) is 6.07. The normalized spacial score (nSPS) is 11.3. The summed E-state index contributed by atoms with van der Waals surface area (Å²) in [4.78, 5) is 17.7. The fourth-order valence-electron chi connectivity index (χ4n) is 3.59. The molecule has 5 rings (SSSR count). The van der Waals surface area contributed by atoms with Crippen LogP contribution in [0.4, 0.5) is 11.4 Å². The quantitative estimate of drug-likeness (QED) is 0.286. The summed E-state index contributed by atoms with van der Waals surface area (Å²) in [6.07, 6.45) is 0. The number of nitrogens with one attached hydrogen (secondary N) is 2. The zero-order valence-electron chi connectivity index (χ0n) is 18.7. The minimum atomic E-state index is -3.74. The summed E-state index contributed by atoms with van der Waals surface area (Å²) in [5.41, 5.74) is 4.41. The predicted octanol–water partition coefficient (Wildman–Crippen LogP) is 6.32. The summed E-state index contributed by atoms with van der Waals surface area (Å²) in [6.45, 7) is 2.06. The van der Waals surface area contributed by atoms with Gasteiger partial charge in [0.25, 0.3) is 15.9 Å². The summed E-state index contributed by atoms with van der Waals surface area (Å²) in [7, 11) is -3.74. The highest BCUT2D eigenvalue weighted by molar-refractivity contribution is 7.92. The predicted molar refractivity (Wildman–Crippen MR) is 141 cm³/mol. The first kappa shape index (κ1) is 22.8. The van der Waals surface area contributed by atoms with E-state index in [1.807, 2.05) is 36.4 Å². The molecule has 0 atom stereocenters. The van der Waals surface area contributed by atoms with Gasteiger partial charge in [-0.25, -0.2) is 13.4 Å². The number of benzene rings is 4. The summed E-state index contributed by atoms with van der Waals surface area (Å²) >= 11 is 1.63. The first-order valence-corrected chi connectivity index (χ1v) is 13.1. The lowest BCUT2D eigenvalue weighted by atomic mass is 10.1. The molecule has 2 N–H and O–H groups in total. The van der Waals surface area contributed by atoms with Crippen LogP contribution < -0.4 is 10.0 Å². The standard InChI is InChI=1S/C27H21N3O3S2/c1-18-10-15-24-25(16-18)34-27(29-24)19-11-13-21(14-12-19)28-26(31)20-6-5-7-22(17-20)30-35(32,33)23-8-3-2-4-9-23/h2-17,30H,1H3,(H,28,31). The van der Waals surface area contributed by atoms with Crippen molar-refractivity contribution in [2.24, 2.45) is 0 Å². The number of hydrogen-bond donors (Lipinski definition) is 2. The summed E-state index contributed by atoms with van der Waals surface area (Å²) in [5.74, 6) is -0.339. The molecule has 174 valence electrons. The zero-order chi connectivity index (χ0) is 24.4. The fourth-order valence-corrected chi connectivity index (χ4v) is 5.73. The molecule has 0 fully saturated rings. The number of fused-ring (bicyclic) bond motifs is 1. The minimum Gasteiger partial charge on any atom is -0.322 e. The fraction of sp³-hybridized carbons (Fsp3) is 0.0370. The molecule has 0 unspecified atom stereocenters. The van der Waals surface area contributed by atoms with Crippen LogP contribution in [-0.4, -0.2) is 19.3 Å². The van der Waals surface area contributed by atoms with Crippen LogP contribution in [0.3, 0.4) is 0 Å². The minimum absolute atomic E-state index is 0.151. The molecule has 1 aromatic heterocycles. The lowest BCUT2D eigenvalue weighted by Gasteiger charge is -2.10. The Bertz CT molecular complexity index is 1630. The molecule has 0 spiro atoms. The van der Waals surface area contributed by atoms with Gasteiger partial charge in [-0.1, -0.05) is 30.3 Å². The Morgan fingerprint density at radius 1 is 0.829 bits per heavy atom. The number of anilines is 2. The van der Waals surface area contributed by atoms with Gasteiger partial charge in [-0.2, -0.15) is 0 Å². The van der Waals surface area contributed by atoms with Crippen molar-refractivity contribution in [3.8, 4) is 10.6 Å². The Hall–Kier alpha value is -4.01. The van der Waals surface area contributed by atoms with Crippen LogP contribution in [-0.2, 0) is 10.0 Å². The van der Waals surface area contributed by atoms with Gasteiger partial charge < -0.3 is 5.32 Å². The van der Waals surface area contributed by atoms with Crippen molar-refractivity contribution in [2.75, 3.05) is 10.0 Å². The van der Waals surface area contributed by atoms with E-state index < -0.39 is 10.0 Å². The van der Waals surface area contributed by atoms with Crippen molar-refractivity contribution < 1.29 is 13.2 Å². The van der Waals surface area contributed by atoms with Crippen molar-refractivity contribution in [3.63, 3.8) is 0 Å². The molecule has 1 heterocycles. The molecule has 0 aliphatic carbocycles. The first-order valence-electron chi connectivity index (χ1n) is 10.8. The second-order valence-electron chi connectivity index (χ2n) is 8.02. The average molecular weight is 500 g/mol. The van der Waals surface area contributed by atoms with Gasteiger partial charge in [-0.3, -0.25) is 9.52 Å². The van der Waals surface area contributed by atoms with Crippen LogP contribution in [0.25, 0.3) is 20.8 Å². The van der Waals surface area contributed by atoms with Crippen molar-refractivity contribution in [1.29, 1.82) is 0 Å². The van der Waals surface area contributed by atoms with Gasteiger partial charge in [-0.15, -0.1) is 11.3 Å². The van der Waals surface area contributed by atoms with Gasteiger partial charge in [0.15, 0.2) is 0 Å². The number of carbonyl (C=O) groups excluding carboxylic acids is 1. The highest BCUT2D eigenvalue weighted by Crippen LogP contribution is 2.31. The van der Waals surface area contributed by atoms with Crippen molar-refractivity contribution in [3.05, 3.63) is 108 Å². The van der Waals surface area contributed by atoms with Crippen molar-refractivity contribution >= 4 is 48.9 Å². The number of amides is 1. The molecule has 4 aromatic carbocycles. The van der Waals surface area contributed by atoms with Gasteiger partial charge in [0.1, 0.15) is 5.01 Å². The number of carbonyl (C=O) groups is 1. The molecular formula is C27H21N3O3S2. The van der Waals surface area contributed by atoms with Gasteiger partial charge in [0.05, 0.1) is 15.1 Å². The average Bonchev–Trinajstić information content (AvgIpc) is 3.28. The Morgan fingerprint density at radius 2 is 1.60 bits per heavy atom. The molecule has 0 saturated heterocycles. The molecule has 0 aliphatic heterocycles. The Labute approximate surface area is 207 Å². The van der Waals surface area contributed by atoms with E-state index in [1.54, 1.807) is 47.7 Å². The molecular weight excluding hydrogens is 478 g/mol. The molecule has 5 aromatic rings. The van der Waals surface area contributed by atoms with Crippen LogP contribution in [0.1, 0.15) is 15.9 Å². The molecule has 35 heavy (non-hydrogen) atoms. The number of thiazole rings is 1. The molecule has 8 heteroatoms. The van der Waals surface area contributed by atoms with E-state index in [-0.39, 0.29) is 10.8 Å². The number of hydrogen-bond acceptors (Lipinski definition) is 5. The third-order valence-corrected chi connectivity index (χ3v) is 7.83. The van der Waals surface area contributed by atoms with E-state index >= 15 is 0 Å². The second kappa shape index (κ2) is 9.32. The molecule has 0 aliphatic rings. The van der Waals surface area contributed by atoms with Crippen LogP contribution >= 0.6 is 11.3 Å². The van der Waals surface area contributed by atoms with E-state index in [2.05, 4.69) is 23.0 Å². The van der Waals surface area contributed by atoms with E-state index in [0.29, 0.717) is 16.9 Å². The zero-order valence-corrected chi connectivity index (χ0v) is 20.4. The van der Waals surface area contributed by atoms with Gasteiger partial charge in [-0.05, 0) is 79.2 Å². The van der Waals surface area contributed by atoms with Crippen LogP contribution in [0, 0.1) is 6.92 Å². The Morgan fingerprint density at radius 3 is 2.37 bits per heavy atom. The molecule has 6 nitrogen and oxygen atoms in total. The number of rotatable bonds is 6. The lowest BCUT2D eigenvalue weighted by Crippen LogP contribution is -2.15. The summed E-state index contributed by atoms with van der Waals surface area (Å²) in [6, 6.07) is 28.1. The van der Waals surface area contributed by atoms with Crippen LogP contribution in [0.5, 0.6) is 0 Å². The van der Waals surface area contributed by atoms with Gasteiger partial charge in [0, 0.05) is 22.5 Å². The summed E-state index contributed by atoms with van der Waals surface area (Å²) in [5, 5.41) is 3.78. The number of nitrogens with zero attached hydrogens (tertiary/aromatic N) is 1. The third kappa shape index (κ3) is 5.08. The highest BCUT2D eigenvalue weighted by atomic mass is 32.2. The largest absolute Gasteiger partial charge is 0.322 e. The van der Waals surface area contributed by atoms with Gasteiger partial charge in [0.2, 0.25) is 0 Å². The maximum absolute atomic E-state index is 12.8. The SMILES string of the molecule is Cc1ccc2nc(-c3ccc(NC(=O)c4cccc(NS(=O)(=O)c5ccccc5)c4)cc3)sc2c1. The second-order valence-corrected chi connectivity index (χ2v) is 10.7. The maximum atomic E-state index is 12.8. The van der Waals surface area contributed by atoms with E-state index in [4.69, 9.17) is 4.98 Å². The van der Waals surface area contributed by atoms with Crippen molar-refractivity contribution in [1.82, 2.24) is 4.98 Å². The number of sulfonamides is 1. The maximum Gasteiger partial charge on any atom is 0.261 e. The van der Waals surface area contributed by atoms with E-state index in [9.17, 15) is 13.2 Å². The van der Waals surface area contributed by atoms with Crippen LogP contribution in [0.15, 0.2) is 102 Å². The Balaban J connectivity index is 1.30. The third-order valence-electron chi connectivity index (χ3n) is 5.36. The number of aryl methyl sites for hydroxylation is 1. The smallest absolute Gasteiger partial charge is 0.261 e. The van der Waals surface area contributed by atoms with Crippen LogP contribution in [0.2, 0.25) is 0 Å². The van der Waals surface area contributed by atoms with E-state index in [0.717, 1.165) is 20.8 Å². The molecule has 0 bridgehead atoms. The molecule has 0 saturated carbocycles. The van der Waals surface area contributed by atoms with Gasteiger partial charge >= 0.3 is 0 Å². The molecule has 0 radical (unpaired) electrons.